The minimum atomic E-state index is -1.08. The zero-order chi connectivity index (χ0) is 23.5. The highest BCUT2D eigenvalue weighted by atomic mass is 35.5. The van der Waals surface area contributed by atoms with E-state index in [9.17, 15) is 17.6 Å². The number of halogens is 5. The molecule has 4 aromatic carbocycles. The Kier molecular flexibility index (Phi) is 7.04. The van der Waals surface area contributed by atoms with Gasteiger partial charge in [-0.25, -0.2) is 17.6 Å². The molecule has 0 radical (unpaired) electrons. The second-order valence-electron chi connectivity index (χ2n) is 8.28. The van der Waals surface area contributed by atoms with Crippen LogP contribution in [0.25, 0.3) is 33.0 Å². The Balaban J connectivity index is 1.64. The van der Waals surface area contributed by atoms with Gasteiger partial charge in [0, 0.05) is 0 Å². The van der Waals surface area contributed by atoms with Crippen molar-refractivity contribution in [3.8, 4) is 22.3 Å². The summed E-state index contributed by atoms with van der Waals surface area (Å²) in [5, 5.41) is 1.32. The molecule has 5 heteroatoms. The van der Waals surface area contributed by atoms with Gasteiger partial charge in [0.05, 0.1) is 5.56 Å². The molecule has 0 aliphatic carbocycles. The zero-order valence-electron chi connectivity index (χ0n) is 18.2. The van der Waals surface area contributed by atoms with Crippen molar-refractivity contribution >= 4 is 22.4 Å². The van der Waals surface area contributed by atoms with Crippen molar-refractivity contribution in [1.82, 2.24) is 0 Å². The van der Waals surface area contributed by atoms with Crippen molar-refractivity contribution in [3.63, 3.8) is 0 Å². The van der Waals surface area contributed by atoms with E-state index >= 15 is 0 Å². The van der Waals surface area contributed by atoms with E-state index < -0.39 is 33.9 Å². The fourth-order valence-electron chi connectivity index (χ4n) is 4.10. The Bertz CT molecular complexity index is 1270. The van der Waals surface area contributed by atoms with Crippen LogP contribution in [0.3, 0.4) is 0 Å². The number of benzene rings is 4. The first-order chi connectivity index (χ1) is 15.9. The second-order valence-corrected chi connectivity index (χ2v) is 8.65. The van der Waals surface area contributed by atoms with E-state index in [2.05, 4.69) is 19.1 Å². The number of rotatable bonds is 7. The van der Waals surface area contributed by atoms with E-state index in [0.717, 1.165) is 35.7 Å². The van der Waals surface area contributed by atoms with Gasteiger partial charge in [0.2, 0.25) is 0 Å². The van der Waals surface area contributed by atoms with Gasteiger partial charge in [-0.15, -0.1) is 0 Å². The zero-order valence-corrected chi connectivity index (χ0v) is 19.0. The minimum absolute atomic E-state index is 0.249. The molecule has 0 atom stereocenters. The molecular weight excluding hydrogens is 448 g/mol. The summed E-state index contributed by atoms with van der Waals surface area (Å²) in [5.74, 6) is -3.97. The lowest BCUT2D eigenvalue weighted by molar-refractivity contribution is 0.579. The molecule has 170 valence electrons. The third-order valence-electron chi connectivity index (χ3n) is 5.87. The van der Waals surface area contributed by atoms with E-state index in [1.54, 1.807) is 0 Å². The van der Waals surface area contributed by atoms with Crippen LogP contribution < -0.4 is 0 Å². The highest BCUT2D eigenvalue weighted by molar-refractivity contribution is 6.31. The van der Waals surface area contributed by atoms with Crippen LogP contribution in [0.4, 0.5) is 17.6 Å². The highest BCUT2D eigenvalue weighted by Gasteiger charge is 2.18. The summed E-state index contributed by atoms with van der Waals surface area (Å²) < 4.78 is 57.3. The molecule has 0 spiro atoms. The van der Waals surface area contributed by atoms with Crippen molar-refractivity contribution in [2.75, 3.05) is 0 Å². The fraction of sp³-hybridized carbons (Fsp3) is 0.214. The minimum Gasteiger partial charge on any atom is -0.206 e. The first kappa shape index (κ1) is 23.3. The van der Waals surface area contributed by atoms with Crippen molar-refractivity contribution in [2.45, 2.75) is 39.0 Å². The highest BCUT2D eigenvalue weighted by Crippen LogP contribution is 2.34. The summed E-state index contributed by atoms with van der Waals surface area (Å²) in [6.45, 7) is 2.19. The topological polar surface area (TPSA) is 0 Å². The molecule has 0 saturated carbocycles. The summed E-state index contributed by atoms with van der Waals surface area (Å²) in [5.41, 5.74) is 1.52. The molecule has 0 saturated heterocycles. The van der Waals surface area contributed by atoms with Crippen LogP contribution in [-0.2, 0) is 6.42 Å². The molecule has 0 amide bonds. The van der Waals surface area contributed by atoms with Crippen LogP contribution >= 0.6 is 11.6 Å². The average Bonchev–Trinajstić information content (AvgIpc) is 2.79. The Morgan fingerprint density at radius 3 is 1.88 bits per heavy atom. The van der Waals surface area contributed by atoms with Gasteiger partial charge in [0.1, 0.15) is 28.3 Å². The van der Waals surface area contributed by atoms with Gasteiger partial charge in [0.15, 0.2) is 0 Å². The molecule has 0 aliphatic heterocycles. The average molecular weight is 471 g/mol. The summed E-state index contributed by atoms with van der Waals surface area (Å²) >= 11 is 5.48. The predicted octanol–water partition coefficient (Wildman–Crippen LogP) is 9.51. The van der Waals surface area contributed by atoms with Gasteiger partial charge in [-0.3, -0.25) is 0 Å². The Hall–Kier alpha value is -2.85. The molecule has 0 nitrogen and oxygen atoms in total. The first-order valence-corrected chi connectivity index (χ1v) is 11.4. The molecule has 0 fully saturated rings. The Morgan fingerprint density at radius 1 is 0.606 bits per heavy atom. The standard InChI is InChI=1S/C28H23ClF4/c1-2-3-4-5-6-17-7-8-19-12-20(10-9-18(19)11-17)21-13-23(30)27(24(31)14-21)22-15-25(32)28(29)26(33)16-22/h7-16H,2-6H2,1H3. The third kappa shape index (κ3) is 5.06. The van der Waals surface area contributed by atoms with Crippen LogP contribution in [0.5, 0.6) is 0 Å². The summed E-state index contributed by atoms with van der Waals surface area (Å²) in [6, 6.07) is 15.9. The van der Waals surface area contributed by atoms with E-state index in [-0.39, 0.29) is 5.56 Å². The normalized spacial score (nSPS) is 11.3. The molecule has 0 heterocycles. The summed E-state index contributed by atoms with van der Waals surface area (Å²) in [4.78, 5) is 0. The Morgan fingerprint density at radius 2 is 1.21 bits per heavy atom. The van der Waals surface area contributed by atoms with Gasteiger partial charge in [-0.1, -0.05) is 68.1 Å². The molecule has 0 aromatic heterocycles. The van der Waals surface area contributed by atoms with E-state index in [4.69, 9.17) is 11.6 Å². The number of hydrogen-bond acceptors (Lipinski definition) is 0. The third-order valence-corrected chi connectivity index (χ3v) is 6.23. The number of aryl methyl sites for hydroxylation is 1. The quantitative estimate of drug-likeness (QED) is 0.143. The summed E-state index contributed by atoms with van der Waals surface area (Å²) in [7, 11) is 0. The van der Waals surface area contributed by atoms with E-state index in [1.165, 1.54) is 37.0 Å². The fourth-order valence-corrected chi connectivity index (χ4v) is 4.21. The number of hydrogen-bond donors (Lipinski definition) is 0. The van der Waals surface area contributed by atoms with Crippen molar-refractivity contribution in [3.05, 3.63) is 94.5 Å². The number of unbranched alkanes of at least 4 members (excludes halogenated alkanes) is 3. The van der Waals surface area contributed by atoms with Crippen molar-refractivity contribution in [1.29, 1.82) is 0 Å². The molecule has 0 bridgehead atoms. The van der Waals surface area contributed by atoms with Crippen molar-refractivity contribution < 1.29 is 17.6 Å². The number of fused-ring (bicyclic) bond motifs is 1. The maximum absolute atomic E-state index is 14.9. The lowest BCUT2D eigenvalue weighted by Crippen LogP contribution is -1.95. The maximum Gasteiger partial charge on any atom is 0.145 e. The largest absolute Gasteiger partial charge is 0.206 e. The van der Waals surface area contributed by atoms with Crippen molar-refractivity contribution in [2.24, 2.45) is 0 Å². The van der Waals surface area contributed by atoms with Gasteiger partial charge < -0.3 is 0 Å². The van der Waals surface area contributed by atoms with Gasteiger partial charge in [0.25, 0.3) is 0 Å². The molecule has 4 rings (SSSR count). The Labute approximate surface area is 195 Å². The lowest BCUT2D eigenvalue weighted by atomic mass is 9.96. The van der Waals surface area contributed by atoms with Gasteiger partial charge in [-0.05, 0) is 76.2 Å². The van der Waals surface area contributed by atoms with Crippen LogP contribution in [0, 0.1) is 23.3 Å². The maximum atomic E-state index is 14.9. The van der Waals surface area contributed by atoms with E-state index in [0.29, 0.717) is 11.1 Å². The molecule has 33 heavy (non-hydrogen) atoms. The molecule has 0 unspecified atom stereocenters. The predicted molar refractivity (Wildman–Crippen MR) is 128 cm³/mol. The van der Waals surface area contributed by atoms with Crippen LogP contribution in [0.1, 0.15) is 38.2 Å². The van der Waals surface area contributed by atoms with Crippen LogP contribution in [0.2, 0.25) is 5.02 Å². The summed E-state index contributed by atoms with van der Waals surface area (Å²) in [6.07, 6.45) is 5.85. The monoisotopic (exact) mass is 470 g/mol. The van der Waals surface area contributed by atoms with Gasteiger partial charge >= 0.3 is 0 Å². The molecule has 0 aliphatic rings. The molecule has 0 N–H and O–H groups in total. The molecular formula is C28H23ClF4. The van der Waals surface area contributed by atoms with Crippen LogP contribution in [-0.4, -0.2) is 0 Å². The molecule has 4 aromatic rings. The second kappa shape index (κ2) is 9.96. The lowest BCUT2D eigenvalue weighted by Gasteiger charge is -2.11. The first-order valence-electron chi connectivity index (χ1n) is 11.0. The van der Waals surface area contributed by atoms with Crippen LogP contribution in [0.15, 0.2) is 60.7 Å². The van der Waals surface area contributed by atoms with Gasteiger partial charge in [-0.2, -0.15) is 0 Å². The smallest absolute Gasteiger partial charge is 0.145 e. The van der Waals surface area contributed by atoms with E-state index in [1.807, 2.05) is 24.3 Å². The SMILES string of the molecule is CCCCCCc1ccc2cc(-c3cc(F)c(-c4cc(F)c(Cl)c(F)c4)c(F)c3)ccc2c1.